The lowest BCUT2D eigenvalue weighted by Crippen LogP contribution is -2.20. The van der Waals surface area contributed by atoms with Crippen LogP contribution in [0.1, 0.15) is 39.9 Å². The number of hydrogen-bond acceptors (Lipinski definition) is 5. The van der Waals surface area contributed by atoms with Crippen LogP contribution in [0.15, 0.2) is 47.5 Å². The molecule has 1 atom stereocenters. The van der Waals surface area contributed by atoms with Gasteiger partial charge in [-0.1, -0.05) is 24.1 Å². The number of nitrogens with two attached hydrogens (primary N) is 1. The molecule has 1 aliphatic carbocycles. The number of carbonyl (C=O) groups is 2. The topological polar surface area (TPSA) is 114 Å². The van der Waals surface area contributed by atoms with Crippen LogP contribution in [0.3, 0.4) is 0 Å². The monoisotopic (exact) mass is 433 g/mol. The number of amides is 1. The van der Waals surface area contributed by atoms with Crippen LogP contribution in [0.25, 0.3) is 0 Å². The molecule has 0 radical (unpaired) electrons. The van der Waals surface area contributed by atoms with Gasteiger partial charge in [-0.25, -0.2) is 0 Å². The number of aliphatic imine (C=N–C) groups is 1. The van der Waals surface area contributed by atoms with Gasteiger partial charge < -0.3 is 20.9 Å². The number of nitrogens with zero attached hydrogens (tertiary/aromatic N) is 1. The third-order valence-corrected chi connectivity index (χ3v) is 5.39. The van der Waals surface area contributed by atoms with Crippen molar-refractivity contribution >= 4 is 23.4 Å². The Hall–Kier alpha value is -3.63. The molecule has 1 amide bonds. The van der Waals surface area contributed by atoms with Crippen molar-refractivity contribution in [3.8, 4) is 12.3 Å². The van der Waals surface area contributed by atoms with Crippen LogP contribution >= 0.6 is 0 Å². The number of esters is 1. The van der Waals surface area contributed by atoms with Gasteiger partial charge in [-0.15, -0.1) is 6.42 Å². The lowest BCUT2D eigenvalue weighted by atomic mass is 9.82. The molecule has 0 aromatic heterocycles. The number of anilines is 1. The van der Waals surface area contributed by atoms with Crippen LogP contribution in [0, 0.1) is 18.3 Å². The van der Waals surface area contributed by atoms with Gasteiger partial charge >= 0.3 is 5.97 Å². The van der Waals surface area contributed by atoms with E-state index in [0.29, 0.717) is 29.1 Å². The van der Waals surface area contributed by atoms with Gasteiger partial charge in [0.15, 0.2) is 0 Å². The Kier molecular flexibility index (Phi) is 8.01. The highest BCUT2D eigenvalue weighted by Gasteiger charge is 2.22. The first kappa shape index (κ1) is 23.0. The molecule has 0 saturated heterocycles. The van der Waals surface area contributed by atoms with E-state index in [1.165, 1.54) is 5.56 Å². The minimum atomic E-state index is -0.287. The van der Waals surface area contributed by atoms with Gasteiger partial charge in [0.1, 0.15) is 19.0 Å². The zero-order chi connectivity index (χ0) is 22.9. The zero-order valence-corrected chi connectivity index (χ0v) is 17.8. The fraction of sp³-hybridized carbons (Fsp3) is 0.320. The summed E-state index contributed by atoms with van der Waals surface area (Å²) in [7, 11) is 0. The van der Waals surface area contributed by atoms with E-state index in [0.717, 1.165) is 24.8 Å². The largest absolute Gasteiger partial charge is 0.463 e. The Morgan fingerprint density at radius 3 is 2.66 bits per heavy atom. The molecule has 7 nitrogen and oxygen atoms in total. The van der Waals surface area contributed by atoms with Crippen molar-refractivity contribution in [1.29, 1.82) is 0 Å². The Morgan fingerprint density at radius 2 is 1.94 bits per heavy atom. The Labute approximate surface area is 187 Å². The molecular weight excluding hydrogens is 406 g/mol. The summed E-state index contributed by atoms with van der Waals surface area (Å²) >= 11 is 0. The first-order valence-electron chi connectivity index (χ1n) is 10.5. The van der Waals surface area contributed by atoms with Crippen LogP contribution in [-0.4, -0.2) is 42.6 Å². The normalized spacial score (nSPS) is 15.4. The molecule has 3 rings (SSSR count). The number of carbonyl (C=O) groups excluding carboxylic acids is 2. The van der Waals surface area contributed by atoms with Crippen molar-refractivity contribution in [2.45, 2.75) is 25.7 Å². The van der Waals surface area contributed by atoms with Crippen molar-refractivity contribution in [2.24, 2.45) is 16.6 Å². The number of terminal acetylenes is 1. The molecule has 2 aromatic carbocycles. The molecule has 0 fully saturated rings. The molecule has 2 aromatic rings. The van der Waals surface area contributed by atoms with E-state index in [1.54, 1.807) is 24.3 Å². The van der Waals surface area contributed by atoms with Crippen molar-refractivity contribution < 1.29 is 19.4 Å². The smallest absolute Gasteiger partial charge is 0.306 e. The second kappa shape index (κ2) is 11.1. The molecule has 1 unspecified atom stereocenters. The second-order valence-electron chi connectivity index (χ2n) is 7.68. The minimum absolute atomic E-state index is 0.0313. The quantitative estimate of drug-likeness (QED) is 0.256. The third-order valence-electron chi connectivity index (χ3n) is 5.39. The van der Waals surface area contributed by atoms with Gasteiger partial charge in [0.05, 0.1) is 6.61 Å². The number of fused-ring (bicyclic) bond motifs is 1. The maximum absolute atomic E-state index is 12.7. The van der Waals surface area contributed by atoms with Crippen molar-refractivity contribution in [2.75, 3.05) is 25.1 Å². The summed E-state index contributed by atoms with van der Waals surface area (Å²) in [5.41, 5.74) is 10.1. The molecule has 4 N–H and O–H groups in total. The minimum Gasteiger partial charge on any atom is -0.463 e. The average Bonchev–Trinajstić information content (AvgIpc) is 2.81. The standard InChI is InChI=1S/C25H27N3O4/c1-2-11-27-24(26)19-5-7-20(8-6-19)25(31)28-22-10-9-18-4-3-17(14-21(18)16-22)15-23(30)32-13-12-29/h1,5-10,16-17,29H,3-4,11-15H2,(H2,26,27)(H,28,31). The first-order valence-corrected chi connectivity index (χ1v) is 10.5. The summed E-state index contributed by atoms with van der Waals surface area (Å²) in [6.07, 6.45) is 8.05. The van der Waals surface area contributed by atoms with Gasteiger partial charge in [0.25, 0.3) is 5.91 Å². The number of amidine groups is 1. The van der Waals surface area contributed by atoms with Gasteiger partial charge in [-0.3, -0.25) is 14.6 Å². The summed E-state index contributed by atoms with van der Waals surface area (Å²) in [6, 6.07) is 12.7. The maximum Gasteiger partial charge on any atom is 0.306 e. The average molecular weight is 434 g/mol. The van der Waals surface area contributed by atoms with E-state index in [-0.39, 0.29) is 37.6 Å². The van der Waals surface area contributed by atoms with E-state index < -0.39 is 0 Å². The number of aryl methyl sites for hydroxylation is 1. The number of ether oxygens (including phenoxy) is 1. The van der Waals surface area contributed by atoms with Crippen LogP contribution in [0.5, 0.6) is 0 Å². The summed E-state index contributed by atoms with van der Waals surface area (Å²) in [5, 5.41) is 11.7. The summed E-state index contributed by atoms with van der Waals surface area (Å²) in [4.78, 5) is 28.6. The SMILES string of the molecule is C#CCN=C(N)c1ccc(C(=O)Nc2ccc3c(c2)CC(CC(=O)OCCO)CC3)cc1. The van der Waals surface area contributed by atoms with Gasteiger partial charge in [-0.05, 0) is 60.6 Å². The molecule has 1 aliphatic rings. The number of benzene rings is 2. The van der Waals surface area contributed by atoms with Crippen molar-refractivity contribution in [1.82, 2.24) is 0 Å². The van der Waals surface area contributed by atoms with Gasteiger partial charge in [-0.2, -0.15) is 0 Å². The van der Waals surface area contributed by atoms with Crippen LogP contribution < -0.4 is 11.1 Å². The number of rotatable bonds is 8. The second-order valence-corrected chi connectivity index (χ2v) is 7.68. The molecule has 0 aliphatic heterocycles. The molecular formula is C25H27N3O4. The van der Waals surface area contributed by atoms with Crippen LogP contribution in [0.2, 0.25) is 0 Å². The predicted octanol–water partition coefficient (Wildman–Crippen LogP) is 2.31. The fourth-order valence-electron chi connectivity index (χ4n) is 3.76. The highest BCUT2D eigenvalue weighted by Crippen LogP contribution is 2.30. The number of hydrogen-bond donors (Lipinski definition) is 3. The van der Waals surface area contributed by atoms with Gasteiger partial charge in [0, 0.05) is 23.2 Å². The molecule has 32 heavy (non-hydrogen) atoms. The van der Waals surface area contributed by atoms with Crippen molar-refractivity contribution in [3.05, 3.63) is 64.7 Å². The summed E-state index contributed by atoms with van der Waals surface area (Å²) in [5.74, 6) is 2.41. The summed E-state index contributed by atoms with van der Waals surface area (Å²) in [6.45, 7) is 0.0679. The van der Waals surface area contributed by atoms with E-state index in [1.807, 2.05) is 18.2 Å². The fourth-order valence-corrected chi connectivity index (χ4v) is 3.76. The molecule has 0 saturated carbocycles. The Morgan fingerprint density at radius 1 is 1.19 bits per heavy atom. The number of aliphatic hydroxyl groups is 1. The molecule has 0 bridgehead atoms. The van der Waals surface area contributed by atoms with E-state index in [4.69, 9.17) is 22.0 Å². The Bertz CT molecular complexity index is 1040. The molecule has 0 spiro atoms. The van der Waals surface area contributed by atoms with Gasteiger partial charge in [0.2, 0.25) is 0 Å². The van der Waals surface area contributed by atoms with Crippen LogP contribution in [0.4, 0.5) is 5.69 Å². The highest BCUT2D eigenvalue weighted by atomic mass is 16.5. The first-order chi connectivity index (χ1) is 15.5. The Balaban J connectivity index is 1.63. The maximum atomic E-state index is 12.7. The van der Waals surface area contributed by atoms with E-state index in [9.17, 15) is 9.59 Å². The molecule has 0 heterocycles. The van der Waals surface area contributed by atoms with Crippen LogP contribution in [-0.2, 0) is 22.4 Å². The lowest BCUT2D eigenvalue weighted by molar-refractivity contribution is -0.145. The molecule has 7 heteroatoms. The van der Waals surface area contributed by atoms with E-state index >= 15 is 0 Å². The van der Waals surface area contributed by atoms with Crippen molar-refractivity contribution in [3.63, 3.8) is 0 Å². The number of nitrogens with one attached hydrogen (secondary N) is 1. The highest BCUT2D eigenvalue weighted by molar-refractivity contribution is 6.05. The molecule has 166 valence electrons. The summed E-state index contributed by atoms with van der Waals surface area (Å²) < 4.78 is 4.98. The lowest BCUT2D eigenvalue weighted by Gasteiger charge is -2.24. The zero-order valence-electron chi connectivity index (χ0n) is 17.8. The predicted molar refractivity (Wildman–Crippen MR) is 123 cm³/mol. The number of aliphatic hydroxyl groups excluding tert-OH is 1. The third kappa shape index (κ3) is 6.19. The van der Waals surface area contributed by atoms with E-state index in [2.05, 4.69) is 16.2 Å².